The van der Waals surface area contributed by atoms with E-state index < -0.39 is 0 Å². The first-order valence-electron chi connectivity index (χ1n) is 10.0. The summed E-state index contributed by atoms with van der Waals surface area (Å²) in [4.78, 5) is 9.66. The van der Waals surface area contributed by atoms with Crippen molar-refractivity contribution in [2.24, 2.45) is 10.9 Å². The van der Waals surface area contributed by atoms with Crippen molar-refractivity contribution in [3.63, 3.8) is 0 Å². The zero-order valence-electron chi connectivity index (χ0n) is 17.0. The van der Waals surface area contributed by atoms with E-state index in [1.165, 1.54) is 17.5 Å². The Balaban J connectivity index is 1.94. The van der Waals surface area contributed by atoms with Gasteiger partial charge in [0, 0.05) is 39.2 Å². The van der Waals surface area contributed by atoms with Crippen LogP contribution in [0.2, 0.25) is 0 Å². The largest absolute Gasteiger partial charge is 0.384 e. The summed E-state index contributed by atoms with van der Waals surface area (Å²) in [6, 6.07) is 8.90. The summed E-state index contributed by atoms with van der Waals surface area (Å²) in [5.41, 5.74) is 2.63. The van der Waals surface area contributed by atoms with Crippen molar-refractivity contribution < 1.29 is 4.74 Å². The van der Waals surface area contributed by atoms with E-state index in [9.17, 15) is 0 Å². The third-order valence-corrected chi connectivity index (χ3v) is 5.06. The van der Waals surface area contributed by atoms with Gasteiger partial charge in [0.1, 0.15) is 0 Å². The number of rotatable bonds is 9. The standard InChI is InChI=1S/C21H36N4O/c1-5-22-21(25-13-12-20(16-25)17-26-4)23-14-18-8-10-19(11-9-18)15-24(6-2)7-3/h8-11,20H,5-7,12-17H2,1-4H3,(H,22,23). The highest BCUT2D eigenvalue weighted by Crippen LogP contribution is 2.17. The Kier molecular flexibility index (Phi) is 8.92. The van der Waals surface area contributed by atoms with Crippen molar-refractivity contribution in [2.45, 2.75) is 40.3 Å². The van der Waals surface area contributed by atoms with Crippen molar-refractivity contribution in [3.05, 3.63) is 35.4 Å². The summed E-state index contributed by atoms with van der Waals surface area (Å²) in [6.07, 6.45) is 1.18. The molecule has 1 heterocycles. The average molecular weight is 361 g/mol. The van der Waals surface area contributed by atoms with Crippen LogP contribution in [0.1, 0.15) is 38.3 Å². The van der Waals surface area contributed by atoms with Crippen molar-refractivity contribution in [2.75, 3.05) is 46.4 Å². The quantitative estimate of drug-likeness (QED) is 0.543. The number of nitrogens with one attached hydrogen (secondary N) is 1. The summed E-state index contributed by atoms with van der Waals surface area (Å²) in [6.45, 7) is 14.3. The Bertz CT molecular complexity index is 539. The van der Waals surface area contributed by atoms with Crippen LogP contribution in [-0.2, 0) is 17.8 Å². The first kappa shape index (κ1) is 20.7. The fraction of sp³-hybridized carbons (Fsp3) is 0.667. The third-order valence-electron chi connectivity index (χ3n) is 5.06. The van der Waals surface area contributed by atoms with Gasteiger partial charge in [-0.2, -0.15) is 0 Å². The lowest BCUT2D eigenvalue weighted by Gasteiger charge is -2.21. The van der Waals surface area contributed by atoms with Gasteiger partial charge in [-0.05, 0) is 37.6 Å². The molecule has 1 unspecified atom stereocenters. The second-order valence-electron chi connectivity index (χ2n) is 7.00. The zero-order valence-corrected chi connectivity index (χ0v) is 17.0. The molecule has 1 aromatic rings. The minimum absolute atomic E-state index is 0.614. The van der Waals surface area contributed by atoms with Crippen LogP contribution in [-0.4, -0.2) is 62.2 Å². The lowest BCUT2D eigenvalue weighted by Crippen LogP contribution is -2.40. The monoisotopic (exact) mass is 360 g/mol. The Hall–Kier alpha value is -1.59. The SMILES string of the molecule is CCNC(=NCc1ccc(CN(CC)CC)cc1)N1CCC(COC)C1. The van der Waals surface area contributed by atoms with Crippen LogP contribution in [0.3, 0.4) is 0 Å². The Morgan fingerprint density at radius 2 is 1.88 bits per heavy atom. The van der Waals surface area contributed by atoms with Gasteiger partial charge in [0.15, 0.2) is 5.96 Å². The number of nitrogens with zero attached hydrogens (tertiary/aromatic N) is 3. The smallest absolute Gasteiger partial charge is 0.194 e. The second kappa shape index (κ2) is 11.2. The summed E-state index contributed by atoms with van der Waals surface area (Å²) in [7, 11) is 1.78. The summed E-state index contributed by atoms with van der Waals surface area (Å²) in [5, 5.41) is 3.44. The molecule has 0 aliphatic carbocycles. The normalized spacial score (nSPS) is 18.0. The van der Waals surface area contributed by atoms with Gasteiger partial charge in [-0.1, -0.05) is 38.1 Å². The molecule has 0 saturated carbocycles. The highest BCUT2D eigenvalue weighted by atomic mass is 16.5. The first-order valence-corrected chi connectivity index (χ1v) is 10.0. The van der Waals surface area contributed by atoms with Crippen LogP contribution in [0.15, 0.2) is 29.3 Å². The fourth-order valence-electron chi connectivity index (χ4n) is 3.44. The maximum Gasteiger partial charge on any atom is 0.194 e. The number of aliphatic imine (C=N–C) groups is 1. The maximum absolute atomic E-state index is 5.31. The molecule has 1 fully saturated rings. The summed E-state index contributed by atoms with van der Waals surface area (Å²) >= 11 is 0. The van der Waals surface area contributed by atoms with E-state index in [-0.39, 0.29) is 0 Å². The van der Waals surface area contributed by atoms with Crippen LogP contribution < -0.4 is 5.32 Å². The Morgan fingerprint density at radius 3 is 2.50 bits per heavy atom. The number of ether oxygens (including phenoxy) is 1. The molecule has 0 amide bonds. The highest BCUT2D eigenvalue weighted by molar-refractivity contribution is 5.80. The van der Waals surface area contributed by atoms with Crippen molar-refractivity contribution >= 4 is 5.96 Å². The molecule has 1 aliphatic rings. The van der Waals surface area contributed by atoms with Gasteiger partial charge >= 0.3 is 0 Å². The maximum atomic E-state index is 5.31. The van der Waals surface area contributed by atoms with E-state index in [0.29, 0.717) is 5.92 Å². The molecule has 146 valence electrons. The molecular weight excluding hydrogens is 324 g/mol. The lowest BCUT2D eigenvalue weighted by atomic mass is 10.1. The molecule has 1 N–H and O–H groups in total. The predicted octanol–water partition coefficient (Wildman–Crippen LogP) is 2.96. The molecule has 0 spiro atoms. The molecule has 0 radical (unpaired) electrons. The van der Waals surface area contributed by atoms with Gasteiger partial charge in [0.25, 0.3) is 0 Å². The number of hydrogen-bond donors (Lipinski definition) is 1. The third kappa shape index (κ3) is 6.29. The minimum Gasteiger partial charge on any atom is -0.384 e. The number of likely N-dealkylation sites (tertiary alicyclic amines) is 1. The van der Waals surface area contributed by atoms with Gasteiger partial charge in [-0.15, -0.1) is 0 Å². The lowest BCUT2D eigenvalue weighted by molar-refractivity contribution is 0.157. The minimum atomic E-state index is 0.614. The van der Waals surface area contributed by atoms with Gasteiger partial charge in [-0.25, -0.2) is 4.99 Å². The van der Waals surface area contributed by atoms with E-state index in [2.05, 4.69) is 60.2 Å². The fourth-order valence-corrected chi connectivity index (χ4v) is 3.44. The zero-order chi connectivity index (χ0) is 18.8. The van der Waals surface area contributed by atoms with Crippen molar-refractivity contribution in [3.8, 4) is 0 Å². The number of guanidine groups is 1. The molecule has 2 rings (SSSR count). The van der Waals surface area contributed by atoms with Gasteiger partial charge in [0.05, 0.1) is 13.2 Å². The molecular formula is C21H36N4O. The second-order valence-corrected chi connectivity index (χ2v) is 7.00. The van der Waals surface area contributed by atoms with Gasteiger partial charge in [-0.3, -0.25) is 4.90 Å². The topological polar surface area (TPSA) is 40.1 Å². The Labute approximate surface area is 159 Å². The number of benzene rings is 1. The predicted molar refractivity (Wildman–Crippen MR) is 109 cm³/mol. The van der Waals surface area contributed by atoms with E-state index in [1.54, 1.807) is 7.11 Å². The van der Waals surface area contributed by atoms with E-state index in [1.807, 2.05) is 0 Å². The van der Waals surface area contributed by atoms with Crippen LogP contribution in [0.5, 0.6) is 0 Å². The number of hydrogen-bond acceptors (Lipinski definition) is 3. The molecule has 26 heavy (non-hydrogen) atoms. The van der Waals surface area contributed by atoms with Crippen LogP contribution in [0.25, 0.3) is 0 Å². The molecule has 0 bridgehead atoms. The van der Waals surface area contributed by atoms with Gasteiger partial charge < -0.3 is 15.0 Å². The van der Waals surface area contributed by atoms with Crippen molar-refractivity contribution in [1.29, 1.82) is 0 Å². The summed E-state index contributed by atoms with van der Waals surface area (Å²) in [5.74, 6) is 1.64. The molecule has 0 aromatic heterocycles. The molecule has 1 aliphatic heterocycles. The average Bonchev–Trinajstić information content (AvgIpc) is 3.13. The van der Waals surface area contributed by atoms with Crippen molar-refractivity contribution in [1.82, 2.24) is 15.1 Å². The molecule has 1 aromatic carbocycles. The van der Waals surface area contributed by atoms with E-state index >= 15 is 0 Å². The van der Waals surface area contributed by atoms with Crippen LogP contribution in [0.4, 0.5) is 0 Å². The molecule has 1 atom stereocenters. The van der Waals surface area contributed by atoms with Crippen LogP contribution in [0, 0.1) is 5.92 Å². The molecule has 1 saturated heterocycles. The van der Waals surface area contributed by atoms with Gasteiger partial charge in [0.2, 0.25) is 0 Å². The van der Waals surface area contributed by atoms with E-state index in [0.717, 1.165) is 58.4 Å². The highest BCUT2D eigenvalue weighted by Gasteiger charge is 2.24. The number of methoxy groups -OCH3 is 1. The molecule has 5 heteroatoms. The van der Waals surface area contributed by atoms with Crippen LogP contribution >= 0.6 is 0 Å². The first-order chi connectivity index (χ1) is 12.7. The summed E-state index contributed by atoms with van der Waals surface area (Å²) < 4.78 is 5.31. The Morgan fingerprint density at radius 1 is 1.19 bits per heavy atom. The van der Waals surface area contributed by atoms with E-state index in [4.69, 9.17) is 9.73 Å². The molecule has 5 nitrogen and oxygen atoms in total.